The number of esters is 1. The maximum atomic E-state index is 12.6. The number of carbonyl (C=O) groups excluding carboxylic acids is 2. The van der Waals surface area contributed by atoms with Crippen molar-refractivity contribution >= 4 is 11.8 Å². The summed E-state index contributed by atoms with van der Waals surface area (Å²) < 4.78 is 13.1. The van der Waals surface area contributed by atoms with Crippen LogP contribution in [0.4, 0.5) is 0 Å². The lowest BCUT2D eigenvalue weighted by atomic mass is 10.1. The van der Waals surface area contributed by atoms with E-state index in [1.54, 1.807) is 12.1 Å². The van der Waals surface area contributed by atoms with E-state index in [1.165, 1.54) is 0 Å². The molecule has 0 saturated carbocycles. The van der Waals surface area contributed by atoms with Gasteiger partial charge in [0.05, 0.1) is 11.7 Å². The minimum atomic E-state index is -0.469. The van der Waals surface area contributed by atoms with Gasteiger partial charge >= 0.3 is 5.97 Å². The summed E-state index contributed by atoms with van der Waals surface area (Å²) in [4.78, 5) is 24.9. The third kappa shape index (κ3) is 4.48. The molecule has 0 aliphatic carbocycles. The second-order valence-corrected chi connectivity index (χ2v) is 7.41. The van der Waals surface area contributed by atoms with Gasteiger partial charge in [-0.05, 0) is 58.7 Å². The number of hydrogen-bond acceptors (Lipinski definition) is 4. The minimum absolute atomic E-state index is 0.181. The Morgan fingerprint density at radius 1 is 1.11 bits per heavy atom. The van der Waals surface area contributed by atoms with Gasteiger partial charge in [0.25, 0.3) is 0 Å². The molecule has 1 aromatic carbocycles. The Bertz CT molecular complexity index is 839. The van der Waals surface area contributed by atoms with Gasteiger partial charge in [0.2, 0.25) is 5.78 Å². The molecular weight excluding hydrogens is 342 g/mol. The van der Waals surface area contributed by atoms with Crippen LogP contribution < -0.4 is 0 Å². The number of nitrogens with zero attached hydrogens (tertiary/aromatic N) is 1. The van der Waals surface area contributed by atoms with Gasteiger partial charge in [-0.1, -0.05) is 17.2 Å². The summed E-state index contributed by atoms with van der Waals surface area (Å²) in [5.74, 6) is -0.650. The largest absolute Gasteiger partial charge is 0.454 e. The van der Waals surface area contributed by atoms with E-state index in [0.29, 0.717) is 11.1 Å². The summed E-state index contributed by atoms with van der Waals surface area (Å²) in [7, 11) is 0. The van der Waals surface area contributed by atoms with Crippen LogP contribution in [0, 0.1) is 27.7 Å². The predicted octanol–water partition coefficient (Wildman–Crippen LogP) is 3.94. The number of ether oxygens (including phenoxy) is 2. The first kappa shape index (κ1) is 19.4. The van der Waals surface area contributed by atoms with Crippen molar-refractivity contribution in [2.45, 2.75) is 53.2 Å². The average molecular weight is 369 g/mol. The average Bonchev–Trinajstić information content (AvgIpc) is 3.22. The van der Waals surface area contributed by atoms with Gasteiger partial charge < -0.3 is 14.0 Å². The Morgan fingerprint density at radius 3 is 2.44 bits per heavy atom. The van der Waals surface area contributed by atoms with Gasteiger partial charge in [0, 0.05) is 30.1 Å². The number of rotatable bonds is 6. The molecule has 3 rings (SSSR count). The molecule has 1 aliphatic heterocycles. The van der Waals surface area contributed by atoms with Crippen molar-refractivity contribution in [1.82, 2.24) is 4.57 Å². The summed E-state index contributed by atoms with van der Waals surface area (Å²) in [6.45, 7) is 9.09. The van der Waals surface area contributed by atoms with E-state index >= 15 is 0 Å². The van der Waals surface area contributed by atoms with Crippen molar-refractivity contribution in [2.75, 3.05) is 13.2 Å². The normalized spacial score (nSPS) is 16.5. The predicted molar refractivity (Wildman–Crippen MR) is 103 cm³/mol. The Hall–Kier alpha value is -2.40. The highest BCUT2D eigenvalue weighted by molar-refractivity contribution is 6.00. The van der Waals surface area contributed by atoms with Crippen LogP contribution in [0.3, 0.4) is 0 Å². The molecule has 1 fully saturated rings. The maximum absolute atomic E-state index is 12.6. The second-order valence-electron chi connectivity index (χ2n) is 7.41. The lowest BCUT2D eigenvalue weighted by Crippen LogP contribution is -2.18. The molecule has 5 nitrogen and oxygen atoms in total. The molecule has 144 valence electrons. The number of hydrogen-bond donors (Lipinski definition) is 0. The van der Waals surface area contributed by atoms with E-state index < -0.39 is 5.97 Å². The van der Waals surface area contributed by atoms with E-state index in [-0.39, 0.29) is 18.5 Å². The standard InChI is InChI=1S/C22H27NO4/c1-14-8-15(2)10-18(9-14)22(25)27-13-21(24)20-11-16(3)23(17(20)4)12-19-6-5-7-26-19/h8-11,19H,5-7,12-13H2,1-4H3/t19-/m1/s1. The minimum Gasteiger partial charge on any atom is -0.454 e. The monoisotopic (exact) mass is 369 g/mol. The number of ketones is 1. The van der Waals surface area contributed by atoms with Crippen molar-refractivity contribution < 1.29 is 19.1 Å². The second kappa shape index (κ2) is 8.09. The van der Waals surface area contributed by atoms with Gasteiger partial charge in [0.1, 0.15) is 0 Å². The van der Waals surface area contributed by atoms with E-state index in [9.17, 15) is 9.59 Å². The Morgan fingerprint density at radius 2 is 1.81 bits per heavy atom. The first-order valence-electron chi connectivity index (χ1n) is 9.42. The SMILES string of the molecule is Cc1cc(C)cc(C(=O)OCC(=O)c2cc(C)n(C[C@H]3CCCO3)c2C)c1. The van der Waals surface area contributed by atoms with Crippen LogP contribution in [0.25, 0.3) is 0 Å². The first-order chi connectivity index (χ1) is 12.8. The zero-order chi connectivity index (χ0) is 19.6. The van der Waals surface area contributed by atoms with Gasteiger partial charge in [-0.25, -0.2) is 4.79 Å². The number of aromatic nitrogens is 1. The Kier molecular flexibility index (Phi) is 5.80. The smallest absolute Gasteiger partial charge is 0.338 e. The quantitative estimate of drug-likeness (QED) is 0.572. The van der Waals surface area contributed by atoms with Gasteiger partial charge in [-0.2, -0.15) is 0 Å². The molecule has 1 atom stereocenters. The molecule has 0 unspecified atom stereocenters. The number of benzene rings is 1. The number of aryl methyl sites for hydroxylation is 3. The fraction of sp³-hybridized carbons (Fsp3) is 0.455. The Labute approximate surface area is 160 Å². The fourth-order valence-corrected chi connectivity index (χ4v) is 3.74. The van der Waals surface area contributed by atoms with Gasteiger partial charge in [-0.3, -0.25) is 4.79 Å². The molecular formula is C22H27NO4. The molecule has 1 aliphatic rings. The molecule has 2 heterocycles. The van der Waals surface area contributed by atoms with Gasteiger partial charge in [-0.15, -0.1) is 0 Å². The van der Waals surface area contributed by atoms with E-state index in [0.717, 1.165) is 48.5 Å². The van der Waals surface area contributed by atoms with Crippen LogP contribution in [-0.2, 0) is 16.0 Å². The highest BCUT2D eigenvalue weighted by Gasteiger charge is 2.22. The first-order valence-corrected chi connectivity index (χ1v) is 9.42. The van der Waals surface area contributed by atoms with Crippen molar-refractivity contribution in [3.63, 3.8) is 0 Å². The topological polar surface area (TPSA) is 57.5 Å². The summed E-state index contributed by atoms with van der Waals surface area (Å²) in [5, 5.41) is 0. The molecule has 0 bridgehead atoms. The zero-order valence-corrected chi connectivity index (χ0v) is 16.5. The number of carbonyl (C=O) groups is 2. The van der Waals surface area contributed by atoms with E-state index in [4.69, 9.17) is 9.47 Å². The fourth-order valence-electron chi connectivity index (χ4n) is 3.74. The van der Waals surface area contributed by atoms with Crippen LogP contribution in [-0.4, -0.2) is 35.6 Å². The molecule has 27 heavy (non-hydrogen) atoms. The van der Waals surface area contributed by atoms with Crippen molar-refractivity contribution in [2.24, 2.45) is 0 Å². The van der Waals surface area contributed by atoms with E-state index in [1.807, 2.05) is 39.8 Å². The van der Waals surface area contributed by atoms with Crippen molar-refractivity contribution in [1.29, 1.82) is 0 Å². The Balaban J connectivity index is 1.66. The summed E-state index contributed by atoms with van der Waals surface area (Å²) in [5.41, 5.74) is 4.99. The summed E-state index contributed by atoms with van der Waals surface area (Å²) in [6, 6.07) is 7.41. The van der Waals surface area contributed by atoms with E-state index in [2.05, 4.69) is 4.57 Å². The lowest BCUT2D eigenvalue weighted by molar-refractivity contribution is 0.0474. The molecule has 0 N–H and O–H groups in total. The molecule has 1 saturated heterocycles. The van der Waals surface area contributed by atoms with Gasteiger partial charge in [0.15, 0.2) is 6.61 Å². The summed E-state index contributed by atoms with van der Waals surface area (Å²) >= 11 is 0. The molecule has 1 aromatic heterocycles. The molecule has 0 spiro atoms. The van der Waals surface area contributed by atoms with Crippen molar-refractivity contribution in [3.05, 3.63) is 57.9 Å². The highest BCUT2D eigenvalue weighted by Crippen LogP contribution is 2.21. The molecule has 2 aromatic rings. The number of Topliss-reactive ketones (excluding diaryl/α,β-unsaturated/α-hetero) is 1. The molecule has 0 radical (unpaired) electrons. The zero-order valence-electron chi connectivity index (χ0n) is 16.5. The molecule has 5 heteroatoms. The van der Waals surface area contributed by atoms with Crippen LogP contribution in [0.2, 0.25) is 0 Å². The van der Waals surface area contributed by atoms with Crippen molar-refractivity contribution in [3.8, 4) is 0 Å². The van der Waals surface area contributed by atoms with Crippen LogP contribution in [0.5, 0.6) is 0 Å². The van der Waals surface area contributed by atoms with Crippen LogP contribution >= 0.6 is 0 Å². The lowest BCUT2D eigenvalue weighted by Gasteiger charge is -2.14. The van der Waals surface area contributed by atoms with Crippen LogP contribution in [0.1, 0.15) is 56.1 Å². The highest BCUT2D eigenvalue weighted by atomic mass is 16.5. The third-order valence-electron chi connectivity index (χ3n) is 5.08. The molecule has 0 amide bonds. The summed E-state index contributed by atoms with van der Waals surface area (Å²) in [6.07, 6.45) is 2.35. The maximum Gasteiger partial charge on any atom is 0.338 e. The van der Waals surface area contributed by atoms with Crippen LogP contribution in [0.15, 0.2) is 24.3 Å². The third-order valence-corrected chi connectivity index (χ3v) is 5.08.